The van der Waals surface area contributed by atoms with Gasteiger partial charge in [0.1, 0.15) is 12.2 Å². The molecular weight excluding hydrogens is 356 g/mol. The van der Waals surface area contributed by atoms with Gasteiger partial charge in [-0.3, -0.25) is 4.79 Å². The molecule has 0 aromatic heterocycles. The lowest BCUT2D eigenvalue weighted by atomic mass is 10.2. The number of rotatable bonds is 7. The molecule has 1 atom stereocenters. The molecule has 1 rings (SSSR count). The molecule has 26 heavy (non-hydrogen) atoms. The monoisotopic (exact) mass is 382 g/mol. The molecule has 2 N–H and O–H groups in total. The van der Waals surface area contributed by atoms with Crippen LogP contribution in [-0.4, -0.2) is 41.2 Å². The number of benzene rings is 1. The fourth-order valence-electron chi connectivity index (χ4n) is 1.82. The van der Waals surface area contributed by atoms with Crippen LogP contribution >= 0.6 is 11.8 Å². The van der Waals surface area contributed by atoms with Crippen LogP contribution in [0.5, 0.6) is 0 Å². The van der Waals surface area contributed by atoms with Gasteiger partial charge >= 0.3 is 12.2 Å². The van der Waals surface area contributed by atoms with Gasteiger partial charge in [0.25, 0.3) is 0 Å². The summed E-state index contributed by atoms with van der Waals surface area (Å²) in [6.45, 7) is 6.98. The van der Waals surface area contributed by atoms with Crippen molar-refractivity contribution in [1.29, 1.82) is 0 Å². The summed E-state index contributed by atoms with van der Waals surface area (Å²) in [6, 6.07) is 8.83. The zero-order valence-corrected chi connectivity index (χ0v) is 16.4. The number of carbonyl (C=O) groups is 3. The van der Waals surface area contributed by atoms with Gasteiger partial charge in [0.05, 0.1) is 6.04 Å². The maximum absolute atomic E-state index is 11.9. The van der Waals surface area contributed by atoms with Crippen molar-refractivity contribution in [3.05, 3.63) is 35.9 Å². The number of nitrogens with one attached hydrogen (secondary N) is 2. The Kier molecular flexibility index (Phi) is 8.98. The van der Waals surface area contributed by atoms with Crippen molar-refractivity contribution < 1.29 is 23.9 Å². The topological polar surface area (TPSA) is 93.7 Å². The second-order valence-corrected chi connectivity index (χ2v) is 7.79. The van der Waals surface area contributed by atoms with Crippen molar-refractivity contribution in [1.82, 2.24) is 10.6 Å². The van der Waals surface area contributed by atoms with E-state index in [1.807, 2.05) is 30.3 Å². The minimum absolute atomic E-state index is 0.0763. The van der Waals surface area contributed by atoms with Gasteiger partial charge in [-0.15, -0.1) is 0 Å². The molecule has 0 spiro atoms. The summed E-state index contributed by atoms with van der Waals surface area (Å²) in [5.41, 5.74) is 0.239. The molecule has 144 valence electrons. The number of hydrogen-bond acceptors (Lipinski definition) is 6. The van der Waals surface area contributed by atoms with Crippen molar-refractivity contribution in [2.75, 3.05) is 12.3 Å². The Bertz CT molecular complexity index is 601. The van der Waals surface area contributed by atoms with Crippen LogP contribution in [0.3, 0.4) is 0 Å². The molecule has 0 saturated heterocycles. The van der Waals surface area contributed by atoms with E-state index in [9.17, 15) is 14.4 Å². The fourth-order valence-corrected chi connectivity index (χ4v) is 2.46. The lowest BCUT2D eigenvalue weighted by Crippen LogP contribution is -2.47. The molecular formula is C18H26N2O5S. The summed E-state index contributed by atoms with van der Waals surface area (Å²) in [5.74, 6) is 0.313. The fraction of sp³-hybridized carbons (Fsp3) is 0.500. The normalized spacial score (nSPS) is 12.0. The van der Waals surface area contributed by atoms with E-state index in [0.29, 0.717) is 5.75 Å². The van der Waals surface area contributed by atoms with Gasteiger partial charge in [-0.05, 0) is 26.3 Å². The molecule has 0 unspecified atom stereocenters. The Morgan fingerprint density at radius 3 is 2.35 bits per heavy atom. The number of alkyl carbamates (subject to hydrolysis) is 2. The Morgan fingerprint density at radius 2 is 1.77 bits per heavy atom. The van der Waals surface area contributed by atoms with Crippen molar-refractivity contribution in [3.8, 4) is 0 Å². The van der Waals surface area contributed by atoms with E-state index in [1.54, 1.807) is 20.8 Å². The summed E-state index contributed by atoms with van der Waals surface area (Å²) in [6.07, 6.45) is -1.20. The van der Waals surface area contributed by atoms with Crippen molar-refractivity contribution in [2.45, 2.75) is 45.9 Å². The first-order valence-electron chi connectivity index (χ1n) is 8.23. The third-order valence-corrected chi connectivity index (χ3v) is 3.89. The second kappa shape index (κ2) is 10.7. The summed E-state index contributed by atoms with van der Waals surface area (Å²) < 4.78 is 10.3. The number of amides is 2. The maximum Gasteiger partial charge on any atom is 0.407 e. The Hall–Kier alpha value is -2.22. The van der Waals surface area contributed by atoms with Crippen LogP contribution in [0.25, 0.3) is 0 Å². The SMILES string of the molecule is CC(=O)SC[C@H](CNC(=O)OCc1ccccc1)NC(=O)OC(C)(C)C. The van der Waals surface area contributed by atoms with Crippen molar-refractivity contribution in [3.63, 3.8) is 0 Å². The summed E-state index contributed by atoms with van der Waals surface area (Å²) in [5, 5.41) is 5.17. The second-order valence-electron chi connectivity index (χ2n) is 6.59. The van der Waals surface area contributed by atoms with Crippen LogP contribution in [-0.2, 0) is 20.9 Å². The van der Waals surface area contributed by atoms with Gasteiger partial charge in [-0.1, -0.05) is 42.1 Å². The minimum atomic E-state index is -0.635. The van der Waals surface area contributed by atoms with E-state index in [0.717, 1.165) is 17.3 Å². The number of thioether (sulfide) groups is 1. The van der Waals surface area contributed by atoms with Gasteiger partial charge < -0.3 is 20.1 Å². The smallest absolute Gasteiger partial charge is 0.407 e. The Balaban J connectivity index is 2.46. The minimum Gasteiger partial charge on any atom is -0.445 e. The third-order valence-electron chi connectivity index (χ3n) is 2.91. The summed E-state index contributed by atoms with van der Waals surface area (Å²) >= 11 is 1.06. The van der Waals surface area contributed by atoms with Crippen LogP contribution in [0.4, 0.5) is 9.59 Å². The van der Waals surface area contributed by atoms with E-state index in [1.165, 1.54) is 6.92 Å². The molecule has 1 aromatic rings. The lowest BCUT2D eigenvalue weighted by Gasteiger charge is -2.23. The van der Waals surface area contributed by atoms with Crippen molar-refractivity contribution in [2.24, 2.45) is 0 Å². The molecule has 0 aliphatic carbocycles. The average Bonchev–Trinajstić information content (AvgIpc) is 2.54. The zero-order valence-electron chi connectivity index (χ0n) is 15.5. The van der Waals surface area contributed by atoms with Crippen LogP contribution in [0, 0.1) is 0 Å². The molecule has 0 aliphatic rings. The predicted octanol–water partition coefficient (Wildman–Crippen LogP) is 3.09. The molecule has 2 amide bonds. The first-order chi connectivity index (χ1) is 12.2. The Labute approximate surface area is 158 Å². The van der Waals surface area contributed by atoms with Crippen LogP contribution in [0.1, 0.15) is 33.3 Å². The number of carbonyl (C=O) groups excluding carboxylic acids is 3. The highest BCUT2D eigenvalue weighted by Crippen LogP contribution is 2.09. The van der Waals surface area contributed by atoms with Gasteiger partial charge in [0.15, 0.2) is 5.12 Å². The van der Waals surface area contributed by atoms with Gasteiger partial charge in [0, 0.05) is 19.2 Å². The van der Waals surface area contributed by atoms with Crippen LogP contribution in [0.2, 0.25) is 0 Å². The molecule has 1 aromatic carbocycles. The van der Waals surface area contributed by atoms with Crippen LogP contribution < -0.4 is 10.6 Å². The highest BCUT2D eigenvalue weighted by molar-refractivity contribution is 8.13. The quantitative estimate of drug-likeness (QED) is 0.753. The highest BCUT2D eigenvalue weighted by Gasteiger charge is 2.20. The summed E-state index contributed by atoms with van der Waals surface area (Å²) in [7, 11) is 0. The van der Waals surface area contributed by atoms with Gasteiger partial charge in [0.2, 0.25) is 0 Å². The van der Waals surface area contributed by atoms with E-state index in [2.05, 4.69) is 10.6 Å². The van der Waals surface area contributed by atoms with Gasteiger partial charge in [-0.25, -0.2) is 9.59 Å². The maximum atomic E-state index is 11.9. The van der Waals surface area contributed by atoms with Gasteiger partial charge in [-0.2, -0.15) is 0 Å². The molecule has 0 fully saturated rings. The molecule has 0 radical (unpaired) electrons. The highest BCUT2D eigenvalue weighted by atomic mass is 32.2. The molecule has 7 nitrogen and oxygen atoms in total. The number of ether oxygens (including phenoxy) is 2. The van der Waals surface area contributed by atoms with E-state index in [-0.39, 0.29) is 18.3 Å². The molecule has 0 bridgehead atoms. The zero-order chi connectivity index (χ0) is 19.6. The standard InChI is InChI=1S/C18H26N2O5S/c1-13(21)26-12-15(20-17(23)25-18(2,3)4)10-19-16(22)24-11-14-8-6-5-7-9-14/h5-9,15H,10-12H2,1-4H3,(H,19,22)(H,20,23)/t15-/m0/s1. The predicted molar refractivity (Wildman–Crippen MR) is 101 cm³/mol. The molecule has 0 saturated carbocycles. The first kappa shape index (κ1) is 21.8. The van der Waals surface area contributed by atoms with E-state index in [4.69, 9.17) is 9.47 Å². The van der Waals surface area contributed by atoms with Crippen molar-refractivity contribution >= 4 is 29.1 Å². The number of hydrogen-bond donors (Lipinski definition) is 2. The lowest BCUT2D eigenvalue weighted by molar-refractivity contribution is -0.109. The average molecular weight is 382 g/mol. The molecule has 0 aliphatic heterocycles. The molecule has 0 heterocycles. The largest absolute Gasteiger partial charge is 0.445 e. The van der Waals surface area contributed by atoms with E-state index < -0.39 is 23.8 Å². The summed E-state index contributed by atoms with van der Waals surface area (Å²) in [4.78, 5) is 34.9. The molecule has 8 heteroatoms. The van der Waals surface area contributed by atoms with Crippen LogP contribution in [0.15, 0.2) is 30.3 Å². The van der Waals surface area contributed by atoms with E-state index >= 15 is 0 Å². The third kappa shape index (κ3) is 10.6. The Morgan fingerprint density at radius 1 is 1.12 bits per heavy atom. The first-order valence-corrected chi connectivity index (χ1v) is 9.21.